The van der Waals surface area contributed by atoms with E-state index >= 15 is 0 Å². The van der Waals surface area contributed by atoms with Gasteiger partial charge in [0.2, 0.25) is 0 Å². The number of nitrogens with zero attached hydrogens (tertiary/aromatic N) is 1. The van der Waals surface area contributed by atoms with Crippen LogP contribution in [-0.2, 0) is 0 Å². The molecule has 1 saturated heterocycles. The summed E-state index contributed by atoms with van der Waals surface area (Å²) in [7, 11) is 2.11. The molecule has 1 aromatic rings. The van der Waals surface area contributed by atoms with E-state index in [4.69, 9.17) is 0 Å². The van der Waals surface area contributed by atoms with Crippen LogP contribution >= 0.6 is 0 Å². The lowest BCUT2D eigenvalue weighted by molar-refractivity contribution is 0.139. The number of phenolic OH excluding ortho intramolecular Hbond substituents is 1. The summed E-state index contributed by atoms with van der Waals surface area (Å²) in [6.45, 7) is 4.11. The number of rotatable bonds is 1. The van der Waals surface area contributed by atoms with Gasteiger partial charge in [-0.2, -0.15) is 0 Å². The van der Waals surface area contributed by atoms with E-state index in [1.54, 1.807) is 6.07 Å². The zero-order chi connectivity index (χ0) is 10.8. The third-order valence-electron chi connectivity index (χ3n) is 3.26. The van der Waals surface area contributed by atoms with Gasteiger partial charge in [-0.3, -0.25) is 4.90 Å². The molecule has 1 heterocycles. The highest BCUT2D eigenvalue weighted by Crippen LogP contribution is 2.29. The number of hydrogen-bond acceptors (Lipinski definition) is 3. The molecule has 1 aliphatic heterocycles. The minimum Gasteiger partial charge on any atom is -0.508 e. The fourth-order valence-electron chi connectivity index (χ4n) is 2.12. The molecule has 1 aromatic carbocycles. The molecular weight excluding hydrogens is 188 g/mol. The highest BCUT2D eigenvalue weighted by molar-refractivity contribution is 5.35. The van der Waals surface area contributed by atoms with E-state index in [1.807, 2.05) is 18.2 Å². The zero-order valence-electron chi connectivity index (χ0n) is 9.27. The zero-order valence-corrected chi connectivity index (χ0v) is 9.27. The van der Waals surface area contributed by atoms with Crippen LogP contribution < -0.4 is 5.32 Å². The van der Waals surface area contributed by atoms with Gasteiger partial charge in [-0.1, -0.05) is 18.2 Å². The third-order valence-corrected chi connectivity index (χ3v) is 3.26. The van der Waals surface area contributed by atoms with Gasteiger partial charge in [0.25, 0.3) is 0 Å². The first-order valence-corrected chi connectivity index (χ1v) is 5.40. The van der Waals surface area contributed by atoms with Crippen molar-refractivity contribution in [1.82, 2.24) is 10.2 Å². The second kappa shape index (κ2) is 4.21. The standard InChI is InChI=1S/C12H18N2O/c1-9-7-13-8-11(14(9)2)10-5-3-4-6-12(10)15/h3-6,9,11,13,15H,7-8H2,1-2H3. The first-order chi connectivity index (χ1) is 7.20. The fraction of sp³-hybridized carbons (Fsp3) is 0.500. The molecule has 0 radical (unpaired) electrons. The number of phenols is 1. The Balaban J connectivity index is 2.26. The van der Waals surface area contributed by atoms with Crippen molar-refractivity contribution in [2.75, 3.05) is 20.1 Å². The summed E-state index contributed by atoms with van der Waals surface area (Å²) < 4.78 is 0. The van der Waals surface area contributed by atoms with Gasteiger partial charge in [0.05, 0.1) is 6.04 Å². The van der Waals surface area contributed by atoms with Gasteiger partial charge in [-0.05, 0) is 20.0 Å². The van der Waals surface area contributed by atoms with Crippen LogP contribution in [0.2, 0.25) is 0 Å². The molecule has 1 aliphatic rings. The van der Waals surface area contributed by atoms with Crippen molar-refractivity contribution in [1.29, 1.82) is 0 Å². The van der Waals surface area contributed by atoms with E-state index in [9.17, 15) is 5.11 Å². The van der Waals surface area contributed by atoms with Gasteiger partial charge in [0.15, 0.2) is 0 Å². The molecule has 3 nitrogen and oxygen atoms in total. The average molecular weight is 206 g/mol. The van der Waals surface area contributed by atoms with Crippen LogP contribution in [0.4, 0.5) is 0 Å². The average Bonchev–Trinajstić information content (AvgIpc) is 2.23. The Kier molecular flexibility index (Phi) is 2.93. The lowest BCUT2D eigenvalue weighted by Crippen LogP contribution is -2.49. The Morgan fingerprint density at radius 2 is 2.07 bits per heavy atom. The molecule has 3 heteroatoms. The molecule has 82 valence electrons. The van der Waals surface area contributed by atoms with E-state index in [-0.39, 0.29) is 6.04 Å². The molecule has 15 heavy (non-hydrogen) atoms. The number of nitrogens with one attached hydrogen (secondary N) is 1. The summed E-state index contributed by atoms with van der Waals surface area (Å²) in [4.78, 5) is 2.31. The van der Waals surface area contributed by atoms with Crippen LogP contribution in [0.3, 0.4) is 0 Å². The van der Waals surface area contributed by atoms with Crippen molar-refractivity contribution in [2.45, 2.75) is 19.0 Å². The summed E-state index contributed by atoms with van der Waals surface area (Å²) in [5, 5.41) is 13.2. The van der Waals surface area contributed by atoms with Gasteiger partial charge in [-0.25, -0.2) is 0 Å². The van der Waals surface area contributed by atoms with Gasteiger partial charge in [-0.15, -0.1) is 0 Å². The van der Waals surface area contributed by atoms with Crippen molar-refractivity contribution in [2.24, 2.45) is 0 Å². The van der Waals surface area contributed by atoms with Crippen LogP contribution in [0.15, 0.2) is 24.3 Å². The van der Waals surface area contributed by atoms with Crippen LogP contribution in [0.25, 0.3) is 0 Å². The summed E-state index contributed by atoms with van der Waals surface area (Å²) in [5.74, 6) is 0.394. The minimum absolute atomic E-state index is 0.273. The van der Waals surface area contributed by atoms with E-state index < -0.39 is 0 Å². The number of benzene rings is 1. The highest BCUT2D eigenvalue weighted by Gasteiger charge is 2.26. The van der Waals surface area contributed by atoms with Crippen LogP contribution in [-0.4, -0.2) is 36.2 Å². The van der Waals surface area contributed by atoms with Crippen molar-refractivity contribution in [3.05, 3.63) is 29.8 Å². The molecule has 0 amide bonds. The molecule has 0 saturated carbocycles. The second-order valence-corrected chi connectivity index (χ2v) is 4.25. The van der Waals surface area contributed by atoms with Crippen molar-refractivity contribution < 1.29 is 5.11 Å². The van der Waals surface area contributed by atoms with E-state index in [2.05, 4.69) is 24.2 Å². The Morgan fingerprint density at radius 1 is 1.33 bits per heavy atom. The molecule has 1 fully saturated rings. The molecule has 0 bridgehead atoms. The lowest BCUT2D eigenvalue weighted by atomic mass is 10.0. The number of likely N-dealkylation sites (N-methyl/N-ethyl adjacent to an activating group) is 1. The minimum atomic E-state index is 0.273. The molecule has 2 N–H and O–H groups in total. The largest absolute Gasteiger partial charge is 0.508 e. The van der Waals surface area contributed by atoms with E-state index in [0.717, 1.165) is 18.7 Å². The lowest BCUT2D eigenvalue weighted by Gasteiger charge is -2.38. The molecule has 0 aliphatic carbocycles. The Hall–Kier alpha value is -1.06. The monoisotopic (exact) mass is 206 g/mol. The van der Waals surface area contributed by atoms with E-state index in [0.29, 0.717) is 11.8 Å². The van der Waals surface area contributed by atoms with Crippen molar-refractivity contribution in [3.63, 3.8) is 0 Å². The maximum Gasteiger partial charge on any atom is 0.120 e. The molecular formula is C12H18N2O. The number of aromatic hydroxyl groups is 1. The van der Waals surface area contributed by atoms with Gasteiger partial charge in [0, 0.05) is 24.7 Å². The molecule has 0 aromatic heterocycles. The first kappa shape index (κ1) is 10.5. The van der Waals surface area contributed by atoms with Gasteiger partial charge >= 0.3 is 0 Å². The molecule has 2 rings (SSSR count). The summed E-state index contributed by atoms with van der Waals surface area (Å²) in [6.07, 6.45) is 0. The third kappa shape index (κ3) is 1.98. The molecule has 2 atom stereocenters. The first-order valence-electron chi connectivity index (χ1n) is 5.40. The maximum absolute atomic E-state index is 9.81. The second-order valence-electron chi connectivity index (χ2n) is 4.25. The number of piperazine rings is 1. The van der Waals surface area contributed by atoms with Crippen molar-refractivity contribution >= 4 is 0 Å². The quantitative estimate of drug-likeness (QED) is 0.728. The van der Waals surface area contributed by atoms with Gasteiger partial charge in [0.1, 0.15) is 5.75 Å². The van der Waals surface area contributed by atoms with Crippen molar-refractivity contribution in [3.8, 4) is 5.75 Å². The number of hydrogen-bond donors (Lipinski definition) is 2. The normalized spacial score (nSPS) is 27.9. The predicted octanol–water partition coefficient (Wildman–Crippen LogP) is 1.36. The molecule has 2 unspecified atom stereocenters. The maximum atomic E-state index is 9.81. The smallest absolute Gasteiger partial charge is 0.120 e. The summed E-state index contributed by atoms with van der Waals surface area (Å²) in [6, 6.07) is 8.36. The van der Waals surface area contributed by atoms with Crippen LogP contribution in [0.1, 0.15) is 18.5 Å². The Labute approximate surface area is 90.7 Å². The predicted molar refractivity (Wildman–Crippen MR) is 60.9 cm³/mol. The summed E-state index contributed by atoms with van der Waals surface area (Å²) in [5.41, 5.74) is 1.01. The molecule has 0 spiro atoms. The summed E-state index contributed by atoms with van der Waals surface area (Å²) >= 11 is 0. The SMILES string of the molecule is CC1CNCC(c2ccccc2O)N1C. The van der Waals surface area contributed by atoms with Crippen LogP contribution in [0.5, 0.6) is 5.75 Å². The highest BCUT2D eigenvalue weighted by atomic mass is 16.3. The number of para-hydroxylation sites is 1. The fourth-order valence-corrected chi connectivity index (χ4v) is 2.12. The van der Waals surface area contributed by atoms with E-state index in [1.165, 1.54) is 0 Å². The Bertz CT molecular complexity index is 340. The topological polar surface area (TPSA) is 35.5 Å². The Morgan fingerprint density at radius 3 is 2.80 bits per heavy atom. The van der Waals surface area contributed by atoms with Gasteiger partial charge < -0.3 is 10.4 Å². The van der Waals surface area contributed by atoms with Crippen LogP contribution in [0, 0.1) is 0 Å².